The van der Waals surface area contributed by atoms with Crippen LogP contribution in [0.2, 0.25) is 0 Å². The van der Waals surface area contributed by atoms with E-state index in [0.29, 0.717) is 24.3 Å². The minimum Gasteiger partial charge on any atom is -0.362 e. The molecule has 5 nitrogen and oxygen atoms in total. The molecule has 1 unspecified atom stereocenters. The summed E-state index contributed by atoms with van der Waals surface area (Å²) >= 11 is 1.43. The van der Waals surface area contributed by atoms with E-state index in [9.17, 15) is 9.59 Å². The number of carbonyl (C=O) groups excluding carboxylic acids is 2. The van der Waals surface area contributed by atoms with Crippen molar-refractivity contribution in [3.63, 3.8) is 0 Å². The molecule has 6 heteroatoms. The lowest BCUT2D eigenvalue weighted by molar-refractivity contribution is -0.133. The van der Waals surface area contributed by atoms with Crippen LogP contribution in [0.4, 0.5) is 0 Å². The number of benzene rings is 1. The molecule has 1 aliphatic carbocycles. The monoisotopic (exact) mass is 371 g/mol. The average molecular weight is 372 g/mol. The third-order valence-electron chi connectivity index (χ3n) is 5.48. The van der Waals surface area contributed by atoms with E-state index in [4.69, 9.17) is 0 Å². The molecule has 0 aromatic heterocycles. The Labute approximate surface area is 158 Å². The molecule has 1 aromatic carbocycles. The molecule has 1 atom stereocenters. The van der Waals surface area contributed by atoms with Gasteiger partial charge < -0.3 is 10.2 Å². The molecular formula is C20H25N3O2S. The van der Waals surface area contributed by atoms with Gasteiger partial charge in [0.25, 0.3) is 5.91 Å². The van der Waals surface area contributed by atoms with Crippen molar-refractivity contribution in [1.82, 2.24) is 10.2 Å². The molecule has 0 saturated heterocycles. The van der Waals surface area contributed by atoms with Crippen molar-refractivity contribution in [2.45, 2.75) is 69.3 Å². The molecule has 0 spiro atoms. The predicted molar refractivity (Wildman–Crippen MR) is 104 cm³/mol. The summed E-state index contributed by atoms with van der Waals surface area (Å²) in [6.45, 7) is 1.29. The van der Waals surface area contributed by atoms with Crippen LogP contribution < -0.4 is 5.32 Å². The standard InChI is InChI=1S/C20H25N3O2S/c24-18(23-12-14-7-5-6-8-15(14)13-23)11-17-19(25)22-20(26-17)21-16-9-3-1-2-4-10-16/h5-8,16-17H,1-4,9-13H2,(H,21,22,25). The van der Waals surface area contributed by atoms with Gasteiger partial charge >= 0.3 is 0 Å². The molecule has 3 aliphatic rings. The number of fused-ring (bicyclic) bond motifs is 1. The van der Waals surface area contributed by atoms with Gasteiger partial charge in [0, 0.05) is 25.6 Å². The van der Waals surface area contributed by atoms with Gasteiger partial charge in [-0.05, 0) is 24.0 Å². The molecule has 1 N–H and O–H groups in total. The number of hydrogen-bond donors (Lipinski definition) is 1. The fourth-order valence-corrected chi connectivity index (χ4v) is 5.00. The zero-order valence-electron chi connectivity index (χ0n) is 14.9. The van der Waals surface area contributed by atoms with Crippen molar-refractivity contribution in [3.8, 4) is 0 Å². The number of thioether (sulfide) groups is 1. The van der Waals surface area contributed by atoms with Gasteiger partial charge in [-0.3, -0.25) is 9.59 Å². The Hall–Kier alpha value is -1.82. The molecule has 0 bridgehead atoms. The van der Waals surface area contributed by atoms with Crippen LogP contribution in [0.25, 0.3) is 0 Å². The van der Waals surface area contributed by atoms with Crippen molar-refractivity contribution in [2.75, 3.05) is 0 Å². The lowest BCUT2D eigenvalue weighted by Crippen LogP contribution is -2.32. The Morgan fingerprint density at radius 2 is 1.77 bits per heavy atom. The lowest BCUT2D eigenvalue weighted by atomic mass is 10.1. The summed E-state index contributed by atoms with van der Waals surface area (Å²) in [5.41, 5.74) is 2.41. The maximum absolute atomic E-state index is 12.6. The second-order valence-corrected chi connectivity index (χ2v) is 8.61. The Bertz CT molecular complexity index is 701. The molecule has 2 aliphatic heterocycles. The third-order valence-corrected chi connectivity index (χ3v) is 6.56. The van der Waals surface area contributed by atoms with Crippen LogP contribution in [0, 0.1) is 0 Å². The summed E-state index contributed by atoms with van der Waals surface area (Å²) in [5.74, 6) is -0.130. The van der Waals surface area contributed by atoms with Gasteiger partial charge in [-0.1, -0.05) is 61.7 Å². The van der Waals surface area contributed by atoms with Gasteiger partial charge in [-0.2, -0.15) is 4.99 Å². The Kier molecular flexibility index (Phi) is 5.29. The molecule has 4 rings (SSSR count). The van der Waals surface area contributed by atoms with E-state index in [1.165, 1.54) is 48.6 Å². The number of amides is 2. The average Bonchev–Trinajstić information content (AvgIpc) is 3.11. The topological polar surface area (TPSA) is 61.8 Å². The molecule has 1 saturated carbocycles. The van der Waals surface area contributed by atoms with Crippen LogP contribution in [-0.4, -0.2) is 33.2 Å². The number of nitrogens with one attached hydrogen (secondary N) is 1. The number of carbonyl (C=O) groups is 2. The minimum absolute atomic E-state index is 0.0398. The van der Waals surface area contributed by atoms with Crippen molar-refractivity contribution >= 4 is 28.7 Å². The van der Waals surface area contributed by atoms with Crippen molar-refractivity contribution in [3.05, 3.63) is 35.4 Å². The van der Waals surface area contributed by atoms with Crippen molar-refractivity contribution < 1.29 is 9.59 Å². The van der Waals surface area contributed by atoms with Gasteiger partial charge in [0.2, 0.25) is 5.91 Å². The molecule has 138 valence electrons. The molecular weight excluding hydrogens is 346 g/mol. The molecule has 1 aromatic rings. The highest BCUT2D eigenvalue weighted by atomic mass is 32.2. The third kappa shape index (κ3) is 3.95. The van der Waals surface area contributed by atoms with Crippen LogP contribution in [0.3, 0.4) is 0 Å². The predicted octanol–water partition coefficient (Wildman–Crippen LogP) is 3.23. The lowest BCUT2D eigenvalue weighted by Gasteiger charge is -2.18. The highest BCUT2D eigenvalue weighted by molar-refractivity contribution is 8.15. The van der Waals surface area contributed by atoms with E-state index in [0.717, 1.165) is 12.8 Å². The van der Waals surface area contributed by atoms with Gasteiger partial charge in [-0.15, -0.1) is 0 Å². The zero-order valence-corrected chi connectivity index (χ0v) is 15.8. The normalized spacial score (nSPS) is 23.5. The second kappa shape index (κ2) is 7.82. The fraction of sp³-hybridized carbons (Fsp3) is 0.550. The quantitative estimate of drug-likeness (QED) is 0.829. The number of hydrogen-bond acceptors (Lipinski definition) is 4. The van der Waals surface area contributed by atoms with E-state index < -0.39 is 0 Å². The molecule has 2 amide bonds. The first-order chi connectivity index (χ1) is 12.7. The number of aliphatic imine (C=N–C) groups is 1. The van der Waals surface area contributed by atoms with E-state index in [1.54, 1.807) is 0 Å². The van der Waals surface area contributed by atoms with Gasteiger partial charge in [0.15, 0.2) is 5.17 Å². The Morgan fingerprint density at radius 1 is 1.12 bits per heavy atom. The van der Waals surface area contributed by atoms with Crippen LogP contribution >= 0.6 is 11.8 Å². The SMILES string of the molecule is O=C1N=C(NC2CCCCCC2)SC1CC(=O)N1Cc2ccccc2C1. The van der Waals surface area contributed by atoms with Crippen molar-refractivity contribution in [1.29, 1.82) is 0 Å². The summed E-state index contributed by atoms with van der Waals surface area (Å²) < 4.78 is 0. The van der Waals surface area contributed by atoms with E-state index in [2.05, 4.69) is 22.4 Å². The first-order valence-corrected chi connectivity index (χ1v) is 10.5. The smallest absolute Gasteiger partial charge is 0.262 e. The Balaban J connectivity index is 1.30. The van der Waals surface area contributed by atoms with Crippen LogP contribution in [0.15, 0.2) is 29.3 Å². The van der Waals surface area contributed by atoms with Gasteiger partial charge in [-0.25, -0.2) is 0 Å². The highest BCUT2D eigenvalue weighted by Gasteiger charge is 2.34. The Morgan fingerprint density at radius 3 is 2.42 bits per heavy atom. The summed E-state index contributed by atoms with van der Waals surface area (Å²) in [4.78, 5) is 30.9. The molecule has 1 fully saturated rings. The first kappa shape index (κ1) is 17.6. The van der Waals surface area contributed by atoms with E-state index in [1.807, 2.05) is 17.0 Å². The maximum Gasteiger partial charge on any atom is 0.262 e. The highest BCUT2D eigenvalue weighted by Crippen LogP contribution is 2.29. The van der Waals surface area contributed by atoms with E-state index >= 15 is 0 Å². The largest absolute Gasteiger partial charge is 0.362 e. The number of rotatable bonds is 3. The van der Waals surface area contributed by atoms with Gasteiger partial charge in [0.05, 0.1) is 0 Å². The minimum atomic E-state index is -0.375. The van der Waals surface area contributed by atoms with Crippen LogP contribution in [-0.2, 0) is 22.7 Å². The number of nitrogens with zero attached hydrogens (tertiary/aromatic N) is 2. The summed E-state index contributed by atoms with van der Waals surface area (Å²) in [6, 6.07) is 8.55. The van der Waals surface area contributed by atoms with Crippen LogP contribution in [0.1, 0.15) is 56.1 Å². The van der Waals surface area contributed by atoms with Gasteiger partial charge in [0.1, 0.15) is 5.25 Å². The maximum atomic E-state index is 12.6. The summed E-state index contributed by atoms with van der Waals surface area (Å²) in [7, 11) is 0. The second-order valence-electron chi connectivity index (χ2n) is 7.42. The molecule has 26 heavy (non-hydrogen) atoms. The van der Waals surface area contributed by atoms with Crippen LogP contribution in [0.5, 0.6) is 0 Å². The van der Waals surface area contributed by atoms with E-state index in [-0.39, 0.29) is 23.5 Å². The number of amidine groups is 1. The summed E-state index contributed by atoms with van der Waals surface area (Å²) in [5, 5.41) is 3.78. The summed E-state index contributed by atoms with van der Waals surface area (Å²) in [6.07, 6.45) is 7.59. The fourth-order valence-electron chi connectivity index (χ4n) is 3.97. The molecule has 2 heterocycles. The van der Waals surface area contributed by atoms with Crippen molar-refractivity contribution in [2.24, 2.45) is 4.99 Å². The first-order valence-electron chi connectivity index (χ1n) is 9.59. The molecule has 0 radical (unpaired) electrons. The zero-order chi connectivity index (χ0) is 17.9.